The molecule has 1 atom stereocenters. The molecular weight excluding hydrogens is 340 g/mol. The standard InChI is InChI=1S/C22H20N2O3/c1-23(16-17-10-4-2-5-11-17)22(27)20(24-15-9-8-14-19(24)25)21(26)18-12-6-3-7-13-18/h2-15,20H,16H2,1H3. The van der Waals surface area contributed by atoms with E-state index in [0.717, 1.165) is 5.56 Å². The van der Waals surface area contributed by atoms with Crippen molar-refractivity contribution in [2.45, 2.75) is 12.6 Å². The Bertz CT molecular complexity index is 981. The smallest absolute Gasteiger partial charge is 0.253 e. The van der Waals surface area contributed by atoms with E-state index in [9.17, 15) is 14.4 Å². The van der Waals surface area contributed by atoms with Crippen LogP contribution in [0.2, 0.25) is 0 Å². The molecule has 0 saturated carbocycles. The van der Waals surface area contributed by atoms with Gasteiger partial charge in [-0.2, -0.15) is 0 Å². The minimum Gasteiger partial charge on any atom is -0.339 e. The Morgan fingerprint density at radius 3 is 2.11 bits per heavy atom. The molecule has 5 heteroatoms. The molecule has 0 radical (unpaired) electrons. The Morgan fingerprint density at radius 2 is 1.48 bits per heavy atom. The number of amides is 1. The summed E-state index contributed by atoms with van der Waals surface area (Å²) >= 11 is 0. The molecule has 0 saturated heterocycles. The number of carbonyl (C=O) groups is 2. The maximum atomic E-state index is 13.2. The fourth-order valence-electron chi connectivity index (χ4n) is 2.91. The Hall–Kier alpha value is -3.47. The van der Waals surface area contributed by atoms with Crippen molar-refractivity contribution in [2.75, 3.05) is 7.05 Å². The summed E-state index contributed by atoms with van der Waals surface area (Å²) < 4.78 is 1.19. The lowest BCUT2D eigenvalue weighted by atomic mass is 10.0. The van der Waals surface area contributed by atoms with E-state index in [1.807, 2.05) is 30.3 Å². The van der Waals surface area contributed by atoms with Gasteiger partial charge in [-0.15, -0.1) is 0 Å². The predicted octanol–water partition coefficient (Wildman–Crippen LogP) is 2.93. The summed E-state index contributed by atoms with van der Waals surface area (Å²) in [5.41, 5.74) is 0.938. The van der Waals surface area contributed by atoms with Crippen molar-refractivity contribution >= 4 is 11.7 Å². The first-order chi connectivity index (χ1) is 13.1. The summed E-state index contributed by atoms with van der Waals surface area (Å²) in [6, 6.07) is 21.4. The second-order valence-electron chi connectivity index (χ2n) is 6.26. The van der Waals surface area contributed by atoms with E-state index in [4.69, 9.17) is 0 Å². The molecule has 1 unspecified atom stereocenters. The van der Waals surface area contributed by atoms with Gasteiger partial charge >= 0.3 is 0 Å². The number of ketones is 1. The second kappa shape index (κ2) is 8.27. The van der Waals surface area contributed by atoms with Crippen molar-refractivity contribution in [3.63, 3.8) is 0 Å². The van der Waals surface area contributed by atoms with E-state index in [1.54, 1.807) is 49.5 Å². The third-order valence-electron chi connectivity index (χ3n) is 4.31. The third kappa shape index (κ3) is 4.20. The Labute approximate surface area is 157 Å². The molecular formula is C22H20N2O3. The van der Waals surface area contributed by atoms with Crippen molar-refractivity contribution < 1.29 is 9.59 Å². The van der Waals surface area contributed by atoms with E-state index in [-0.39, 0.29) is 0 Å². The molecule has 0 bridgehead atoms. The van der Waals surface area contributed by atoms with Gasteiger partial charge in [-0.1, -0.05) is 66.7 Å². The van der Waals surface area contributed by atoms with Crippen LogP contribution in [0.15, 0.2) is 89.9 Å². The summed E-state index contributed by atoms with van der Waals surface area (Å²) in [6.45, 7) is 0.347. The SMILES string of the molecule is CN(Cc1ccccc1)C(=O)C(C(=O)c1ccccc1)n1ccccc1=O. The van der Waals surface area contributed by atoms with E-state index in [1.165, 1.54) is 21.7 Å². The molecule has 0 aliphatic heterocycles. The molecule has 0 N–H and O–H groups in total. The topological polar surface area (TPSA) is 59.4 Å². The van der Waals surface area contributed by atoms with Gasteiger partial charge in [0.2, 0.25) is 0 Å². The molecule has 3 aromatic rings. The van der Waals surface area contributed by atoms with Crippen LogP contribution in [0, 0.1) is 0 Å². The van der Waals surface area contributed by atoms with Gasteiger partial charge < -0.3 is 4.90 Å². The first-order valence-electron chi connectivity index (χ1n) is 8.63. The van der Waals surface area contributed by atoms with Gasteiger partial charge in [-0.25, -0.2) is 0 Å². The first-order valence-corrected chi connectivity index (χ1v) is 8.63. The minimum atomic E-state index is -1.24. The Balaban J connectivity index is 1.96. The summed E-state index contributed by atoms with van der Waals surface area (Å²) in [4.78, 5) is 40.0. The number of carbonyl (C=O) groups excluding carboxylic acids is 2. The molecule has 3 rings (SSSR count). The molecule has 0 aliphatic rings. The van der Waals surface area contributed by atoms with Gasteiger partial charge in [0.1, 0.15) is 0 Å². The van der Waals surface area contributed by atoms with Crippen molar-refractivity contribution in [1.82, 2.24) is 9.47 Å². The van der Waals surface area contributed by atoms with E-state index in [2.05, 4.69) is 0 Å². The lowest BCUT2D eigenvalue weighted by molar-refractivity contribution is -0.132. The van der Waals surface area contributed by atoms with Crippen molar-refractivity contribution in [3.05, 3.63) is 107 Å². The highest BCUT2D eigenvalue weighted by molar-refractivity contribution is 6.11. The number of pyridine rings is 1. The first kappa shape index (κ1) is 18.3. The fourth-order valence-corrected chi connectivity index (χ4v) is 2.91. The van der Waals surface area contributed by atoms with Crippen molar-refractivity contribution in [1.29, 1.82) is 0 Å². The van der Waals surface area contributed by atoms with Gasteiger partial charge in [-0.05, 0) is 11.6 Å². The Kier molecular flexibility index (Phi) is 5.61. The largest absolute Gasteiger partial charge is 0.339 e. The number of rotatable bonds is 6. The molecule has 0 spiro atoms. The van der Waals surface area contributed by atoms with Crippen molar-refractivity contribution in [3.8, 4) is 0 Å². The molecule has 1 heterocycles. The number of hydrogen-bond donors (Lipinski definition) is 0. The van der Waals surface area contributed by atoms with Gasteiger partial charge in [0.25, 0.3) is 11.5 Å². The lowest BCUT2D eigenvalue weighted by Crippen LogP contribution is -2.41. The van der Waals surface area contributed by atoms with Crippen LogP contribution in [0.1, 0.15) is 22.0 Å². The quantitative estimate of drug-likeness (QED) is 0.502. The van der Waals surface area contributed by atoms with Crippen LogP contribution in [-0.2, 0) is 11.3 Å². The van der Waals surface area contributed by atoms with Crippen LogP contribution in [0.5, 0.6) is 0 Å². The normalized spacial score (nSPS) is 11.6. The highest BCUT2D eigenvalue weighted by Crippen LogP contribution is 2.17. The van der Waals surface area contributed by atoms with Gasteiger partial charge in [0.15, 0.2) is 11.8 Å². The van der Waals surface area contributed by atoms with Crippen LogP contribution < -0.4 is 5.56 Å². The van der Waals surface area contributed by atoms with E-state index in [0.29, 0.717) is 12.1 Å². The van der Waals surface area contributed by atoms with Crippen LogP contribution in [0.4, 0.5) is 0 Å². The minimum absolute atomic E-state index is 0.347. The highest BCUT2D eigenvalue weighted by Gasteiger charge is 2.32. The summed E-state index contributed by atoms with van der Waals surface area (Å²) in [5, 5.41) is 0. The van der Waals surface area contributed by atoms with Gasteiger partial charge in [0.05, 0.1) is 0 Å². The fraction of sp³-hybridized carbons (Fsp3) is 0.136. The third-order valence-corrected chi connectivity index (χ3v) is 4.31. The lowest BCUT2D eigenvalue weighted by Gasteiger charge is -2.24. The maximum Gasteiger partial charge on any atom is 0.253 e. The number of benzene rings is 2. The number of nitrogens with zero attached hydrogens (tertiary/aromatic N) is 2. The number of Topliss-reactive ketones (excluding diaryl/α,β-unsaturated/α-hetero) is 1. The molecule has 136 valence electrons. The summed E-state index contributed by atoms with van der Waals surface area (Å²) in [6.07, 6.45) is 1.47. The second-order valence-corrected chi connectivity index (χ2v) is 6.26. The number of likely N-dealkylation sites (N-methyl/N-ethyl adjacent to an activating group) is 1. The highest BCUT2D eigenvalue weighted by atomic mass is 16.2. The van der Waals surface area contributed by atoms with Gasteiger partial charge in [-0.3, -0.25) is 19.0 Å². The number of aromatic nitrogens is 1. The predicted molar refractivity (Wildman–Crippen MR) is 103 cm³/mol. The van der Waals surface area contributed by atoms with E-state index >= 15 is 0 Å². The molecule has 1 amide bonds. The molecule has 1 aromatic heterocycles. The number of hydrogen-bond acceptors (Lipinski definition) is 3. The van der Waals surface area contributed by atoms with Crippen molar-refractivity contribution in [2.24, 2.45) is 0 Å². The average Bonchev–Trinajstić information content (AvgIpc) is 2.70. The van der Waals surface area contributed by atoms with Crippen LogP contribution in [0.3, 0.4) is 0 Å². The van der Waals surface area contributed by atoms with Gasteiger partial charge in [0, 0.05) is 31.4 Å². The zero-order valence-electron chi connectivity index (χ0n) is 15.0. The summed E-state index contributed by atoms with van der Waals surface area (Å²) in [7, 11) is 1.63. The van der Waals surface area contributed by atoms with Crippen LogP contribution >= 0.6 is 0 Å². The molecule has 5 nitrogen and oxygen atoms in total. The molecule has 0 aliphatic carbocycles. The average molecular weight is 360 g/mol. The van der Waals surface area contributed by atoms with E-state index < -0.39 is 23.3 Å². The maximum absolute atomic E-state index is 13.2. The molecule has 0 fully saturated rings. The Morgan fingerprint density at radius 1 is 0.889 bits per heavy atom. The van der Waals surface area contributed by atoms with Crippen LogP contribution in [-0.4, -0.2) is 28.2 Å². The monoisotopic (exact) mass is 360 g/mol. The molecule has 2 aromatic carbocycles. The van der Waals surface area contributed by atoms with Crippen LogP contribution in [0.25, 0.3) is 0 Å². The zero-order valence-corrected chi connectivity index (χ0v) is 15.0. The molecule has 27 heavy (non-hydrogen) atoms. The summed E-state index contributed by atoms with van der Waals surface area (Å²) in [5.74, 6) is -0.838. The zero-order chi connectivity index (χ0) is 19.2.